The van der Waals surface area contributed by atoms with Crippen molar-refractivity contribution in [1.29, 1.82) is 0 Å². The Morgan fingerprint density at radius 3 is 2.09 bits per heavy atom. The van der Waals surface area contributed by atoms with Crippen LogP contribution in [0.5, 0.6) is 23.0 Å². The molecule has 0 aliphatic carbocycles. The standard InChI is InChI=1S/C23H24O10/c24-10-18-19(29)20(30)22-23(32-18)31-17(3-1-2-11-4-6-13(25)15(27)8-11)21(33-22)12-5-7-14(26)16(28)9-12/h4-9,17-30H,3,10H2/t17-,18-,19-,20+,21+,22-,23-/m1/s1. The first-order valence-electron chi connectivity index (χ1n) is 10.2. The normalized spacial score (nSPS) is 31.3. The van der Waals surface area contributed by atoms with Crippen molar-refractivity contribution in [1.82, 2.24) is 0 Å². The molecule has 2 aromatic carbocycles. The van der Waals surface area contributed by atoms with E-state index in [0.29, 0.717) is 11.1 Å². The topological polar surface area (TPSA) is 169 Å². The molecule has 2 aromatic rings. The maximum atomic E-state index is 10.5. The number of aliphatic hydroxyl groups excluding tert-OH is 3. The van der Waals surface area contributed by atoms with Crippen molar-refractivity contribution in [3.8, 4) is 34.8 Å². The first kappa shape index (κ1) is 23.1. The molecule has 0 bridgehead atoms. The summed E-state index contributed by atoms with van der Waals surface area (Å²) in [4.78, 5) is 0. The van der Waals surface area contributed by atoms with Gasteiger partial charge in [0.05, 0.1) is 6.61 Å². The van der Waals surface area contributed by atoms with E-state index in [0.717, 1.165) is 0 Å². The predicted octanol–water partition coefficient (Wildman–Crippen LogP) is 0.215. The van der Waals surface area contributed by atoms with Crippen LogP contribution in [0.25, 0.3) is 0 Å². The van der Waals surface area contributed by atoms with E-state index in [-0.39, 0.29) is 29.4 Å². The lowest BCUT2D eigenvalue weighted by Crippen LogP contribution is -2.63. The Hall–Kier alpha value is -3.04. The summed E-state index contributed by atoms with van der Waals surface area (Å²) in [6, 6.07) is 8.24. The molecule has 0 saturated carbocycles. The van der Waals surface area contributed by atoms with Crippen LogP contribution in [0.2, 0.25) is 0 Å². The van der Waals surface area contributed by atoms with Gasteiger partial charge >= 0.3 is 0 Å². The first-order valence-corrected chi connectivity index (χ1v) is 10.2. The van der Waals surface area contributed by atoms with Crippen LogP contribution in [0, 0.1) is 11.8 Å². The minimum absolute atomic E-state index is 0.100. The summed E-state index contributed by atoms with van der Waals surface area (Å²) in [7, 11) is 0. The lowest BCUT2D eigenvalue weighted by Gasteiger charge is -2.48. The van der Waals surface area contributed by atoms with E-state index in [1.807, 2.05) is 0 Å². The van der Waals surface area contributed by atoms with E-state index in [2.05, 4.69) is 11.8 Å². The van der Waals surface area contributed by atoms with Crippen molar-refractivity contribution >= 4 is 0 Å². The molecule has 33 heavy (non-hydrogen) atoms. The molecule has 7 N–H and O–H groups in total. The van der Waals surface area contributed by atoms with E-state index in [1.54, 1.807) is 0 Å². The Bertz CT molecular complexity index is 1060. The second kappa shape index (κ2) is 9.44. The molecule has 10 heteroatoms. The zero-order valence-electron chi connectivity index (χ0n) is 17.3. The fraction of sp³-hybridized carbons (Fsp3) is 0.391. The largest absolute Gasteiger partial charge is 0.504 e. The molecule has 0 radical (unpaired) electrons. The average Bonchev–Trinajstić information content (AvgIpc) is 2.80. The first-order chi connectivity index (χ1) is 15.8. The minimum atomic E-state index is -1.40. The number of ether oxygens (including phenoxy) is 3. The summed E-state index contributed by atoms with van der Waals surface area (Å²) in [6.07, 6.45) is -7.54. The Kier molecular flexibility index (Phi) is 6.62. The summed E-state index contributed by atoms with van der Waals surface area (Å²) in [6.45, 7) is -0.533. The van der Waals surface area contributed by atoms with Gasteiger partial charge in [0, 0.05) is 12.0 Å². The molecule has 0 amide bonds. The number of aromatic hydroxyl groups is 4. The van der Waals surface area contributed by atoms with Gasteiger partial charge in [-0.15, -0.1) is 0 Å². The van der Waals surface area contributed by atoms with Gasteiger partial charge in [-0.3, -0.25) is 0 Å². The van der Waals surface area contributed by atoms with Crippen molar-refractivity contribution in [2.24, 2.45) is 0 Å². The Morgan fingerprint density at radius 1 is 0.758 bits per heavy atom. The number of phenols is 4. The SMILES string of the molecule is OC[C@H]1O[C@H]2O[C@H](CC#Cc3ccc(O)c(O)c3)[C@H](c3ccc(O)c(O)c3)O[C@@H]2[C@@H](O)[C@@H]1O. The van der Waals surface area contributed by atoms with Gasteiger partial charge in [0.25, 0.3) is 0 Å². The number of hydrogen-bond acceptors (Lipinski definition) is 10. The number of hydrogen-bond donors (Lipinski definition) is 7. The lowest BCUT2D eigenvalue weighted by molar-refractivity contribution is -0.367. The third-order valence-electron chi connectivity index (χ3n) is 5.61. The van der Waals surface area contributed by atoms with Gasteiger partial charge in [-0.2, -0.15) is 0 Å². The van der Waals surface area contributed by atoms with Crippen LogP contribution < -0.4 is 0 Å². The van der Waals surface area contributed by atoms with Crippen molar-refractivity contribution in [3.05, 3.63) is 47.5 Å². The predicted molar refractivity (Wildman–Crippen MR) is 111 cm³/mol. The highest BCUT2D eigenvalue weighted by Crippen LogP contribution is 2.40. The lowest BCUT2D eigenvalue weighted by atomic mass is 9.94. The molecule has 0 spiro atoms. The quantitative estimate of drug-likeness (QED) is 0.248. The highest BCUT2D eigenvalue weighted by molar-refractivity contribution is 5.47. The molecule has 2 aliphatic rings. The van der Waals surface area contributed by atoms with Crippen molar-refractivity contribution in [3.63, 3.8) is 0 Å². The zero-order chi connectivity index (χ0) is 23.7. The van der Waals surface area contributed by atoms with Crippen LogP contribution in [-0.2, 0) is 14.2 Å². The number of aliphatic hydroxyl groups is 3. The summed E-state index contributed by atoms with van der Waals surface area (Å²) in [5, 5.41) is 68.7. The van der Waals surface area contributed by atoms with Crippen LogP contribution in [0.4, 0.5) is 0 Å². The minimum Gasteiger partial charge on any atom is -0.504 e. The molecule has 2 aliphatic heterocycles. The molecule has 2 saturated heterocycles. The van der Waals surface area contributed by atoms with Gasteiger partial charge in [0.1, 0.15) is 36.6 Å². The fourth-order valence-electron chi connectivity index (χ4n) is 3.83. The number of fused-ring (bicyclic) bond motifs is 1. The Morgan fingerprint density at radius 2 is 1.42 bits per heavy atom. The highest BCUT2D eigenvalue weighted by atomic mass is 16.7. The molecule has 0 unspecified atom stereocenters. The van der Waals surface area contributed by atoms with Crippen molar-refractivity contribution < 1.29 is 50.0 Å². The maximum absolute atomic E-state index is 10.5. The fourth-order valence-corrected chi connectivity index (χ4v) is 3.83. The van der Waals surface area contributed by atoms with E-state index in [4.69, 9.17) is 14.2 Å². The highest BCUT2D eigenvalue weighted by Gasteiger charge is 2.51. The van der Waals surface area contributed by atoms with Gasteiger partial charge in [-0.25, -0.2) is 0 Å². The molecule has 176 valence electrons. The second-order valence-electron chi connectivity index (χ2n) is 7.86. The van der Waals surface area contributed by atoms with Crippen LogP contribution >= 0.6 is 0 Å². The maximum Gasteiger partial charge on any atom is 0.187 e. The van der Waals surface area contributed by atoms with Crippen molar-refractivity contribution in [2.45, 2.75) is 49.3 Å². The van der Waals surface area contributed by atoms with Gasteiger partial charge in [-0.1, -0.05) is 17.9 Å². The molecule has 2 fully saturated rings. The van der Waals surface area contributed by atoms with Crippen LogP contribution in [0.15, 0.2) is 36.4 Å². The van der Waals surface area contributed by atoms with E-state index in [9.17, 15) is 35.7 Å². The molecular weight excluding hydrogens is 436 g/mol. The molecule has 0 aromatic heterocycles. The third-order valence-corrected chi connectivity index (χ3v) is 5.61. The van der Waals surface area contributed by atoms with Crippen LogP contribution in [-0.4, -0.2) is 79.2 Å². The smallest absolute Gasteiger partial charge is 0.187 e. The van der Waals surface area contributed by atoms with E-state index in [1.165, 1.54) is 36.4 Å². The summed E-state index contributed by atoms with van der Waals surface area (Å²) in [5.74, 6) is 4.49. The van der Waals surface area contributed by atoms with Gasteiger partial charge in [0.15, 0.2) is 29.3 Å². The number of benzene rings is 2. The summed E-state index contributed by atoms with van der Waals surface area (Å²) < 4.78 is 17.6. The molecule has 2 heterocycles. The summed E-state index contributed by atoms with van der Waals surface area (Å²) >= 11 is 0. The van der Waals surface area contributed by atoms with Gasteiger partial charge < -0.3 is 50.0 Å². The van der Waals surface area contributed by atoms with E-state index < -0.39 is 49.5 Å². The Labute approximate surface area is 188 Å². The number of phenolic OH excluding ortho intramolecular Hbond substituents is 4. The Balaban J connectivity index is 1.61. The van der Waals surface area contributed by atoms with Gasteiger partial charge in [-0.05, 0) is 35.9 Å². The third kappa shape index (κ3) is 4.69. The van der Waals surface area contributed by atoms with Crippen LogP contribution in [0.3, 0.4) is 0 Å². The van der Waals surface area contributed by atoms with E-state index >= 15 is 0 Å². The van der Waals surface area contributed by atoms with Gasteiger partial charge in [0.2, 0.25) is 0 Å². The summed E-state index contributed by atoms with van der Waals surface area (Å²) in [5.41, 5.74) is 0.885. The molecular formula is C23H24O10. The number of rotatable bonds is 3. The van der Waals surface area contributed by atoms with Crippen molar-refractivity contribution in [2.75, 3.05) is 6.61 Å². The van der Waals surface area contributed by atoms with Crippen LogP contribution in [0.1, 0.15) is 23.7 Å². The molecule has 7 atom stereocenters. The second-order valence-corrected chi connectivity index (χ2v) is 7.86. The molecule has 4 rings (SSSR count). The molecule has 10 nitrogen and oxygen atoms in total. The zero-order valence-corrected chi connectivity index (χ0v) is 17.3. The average molecular weight is 460 g/mol. The monoisotopic (exact) mass is 460 g/mol.